The number of halogens is 1. The van der Waals surface area contributed by atoms with Gasteiger partial charge in [0.1, 0.15) is 11.9 Å². The number of nitrogen functional groups attached to an aromatic ring is 1. The van der Waals surface area contributed by atoms with Gasteiger partial charge in [0, 0.05) is 6.20 Å². The second kappa shape index (κ2) is 4.78. The number of hydrogen-bond donors (Lipinski definition) is 2. The molecule has 0 radical (unpaired) electrons. The molecule has 1 aromatic heterocycles. The van der Waals surface area contributed by atoms with Crippen LogP contribution in [0.25, 0.3) is 0 Å². The second-order valence-electron chi connectivity index (χ2n) is 3.92. The van der Waals surface area contributed by atoms with Crippen LogP contribution in [0.3, 0.4) is 0 Å². The minimum absolute atomic E-state index is 0.0115. The largest absolute Gasteiger partial charge is 0.396 e. The fourth-order valence-electron chi connectivity index (χ4n) is 1.65. The average molecular weight is 259 g/mol. The van der Waals surface area contributed by atoms with Crippen LogP contribution in [0, 0.1) is 17.1 Å². The topological polar surface area (TPSA) is 111 Å². The van der Waals surface area contributed by atoms with Crippen molar-refractivity contribution in [2.45, 2.75) is 6.54 Å². The molecule has 0 unspecified atom stereocenters. The van der Waals surface area contributed by atoms with E-state index < -0.39 is 11.7 Å². The zero-order chi connectivity index (χ0) is 14.0. The number of nitrogens with zero attached hydrogens (tertiary/aromatic N) is 3. The van der Waals surface area contributed by atoms with Crippen molar-refractivity contribution in [1.82, 2.24) is 9.78 Å². The quantitative estimate of drug-likeness (QED) is 0.841. The van der Waals surface area contributed by atoms with E-state index in [9.17, 15) is 9.18 Å². The van der Waals surface area contributed by atoms with Gasteiger partial charge in [0.05, 0.1) is 17.8 Å². The third-order valence-corrected chi connectivity index (χ3v) is 2.52. The van der Waals surface area contributed by atoms with Crippen LogP contribution in [0.4, 0.5) is 10.1 Å². The molecule has 4 N–H and O–H groups in total. The lowest BCUT2D eigenvalue weighted by Gasteiger charge is -2.02. The number of carbonyl (C=O) groups is 1. The van der Waals surface area contributed by atoms with Gasteiger partial charge in [-0.2, -0.15) is 10.4 Å². The van der Waals surface area contributed by atoms with Crippen LogP contribution < -0.4 is 11.5 Å². The summed E-state index contributed by atoms with van der Waals surface area (Å²) in [7, 11) is 0. The monoisotopic (exact) mass is 259 g/mol. The van der Waals surface area contributed by atoms with Crippen molar-refractivity contribution in [2.75, 3.05) is 5.73 Å². The van der Waals surface area contributed by atoms with E-state index in [0.717, 1.165) is 0 Å². The van der Waals surface area contributed by atoms with E-state index in [-0.39, 0.29) is 23.5 Å². The van der Waals surface area contributed by atoms with Gasteiger partial charge in [-0.25, -0.2) is 4.39 Å². The number of nitrogens with two attached hydrogens (primary N) is 2. The molecule has 0 saturated heterocycles. The number of rotatable bonds is 3. The Morgan fingerprint density at radius 1 is 1.53 bits per heavy atom. The van der Waals surface area contributed by atoms with Crippen LogP contribution in [0.1, 0.15) is 21.6 Å². The maximum absolute atomic E-state index is 13.2. The maximum atomic E-state index is 13.2. The first-order valence-electron chi connectivity index (χ1n) is 5.32. The highest BCUT2D eigenvalue weighted by atomic mass is 19.1. The Morgan fingerprint density at radius 3 is 2.84 bits per heavy atom. The maximum Gasteiger partial charge on any atom is 0.271 e. The van der Waals surface area contributed by atoms with Crippen molar-refractivity contribution < 1.29 is 9.18 Å². The molecule has 0 atom stereocenters. The van der Waals surface area contributed by atoms with Crippen molar-refractivity contribution in [2.24, 2.45) is 5.73 Å². The van der Waals surface area contributed by atoms with Crippen LogP contribution >= 0.6 is 0 Å². The molecule has 1 aromatic carbocycles. The molecule has 0 saturated carbocycles. The molecule has 0 aliphatic rings. The molecule has 6 nitrogen and oxygen atoms in total. The van der Waals surface area contributed by atoms with Gasteiger partial charge >= 0.3 is 0 Å². The van der Waals surface area contributed by atoms with Gasteiger partial charge < -0.3 is 11.5 Å². The normalized spacial score (nSPS) is 10.1. The van der Waals surface area contributed by atoms with Crippen molar-refractivity contribution >= 4 is 11.6 Å². The van der Waals surface area contributed by atoms with Crippen molar-refractivity contribution in [3.05, 3.63) is 47.0 Å². The van der Waals surface area contributed by atoms with E-state index in [4.69, 9.17) is 16.7 Å². The van der Waals surface area contributed by atoms with Gasteiger partial charge in [-0.3, -0.25) is 9.48 Å². The third-order valence-electron chi connectivity index (χ3n) is 2.52. The molecule has 0 fully saturated rings. The Morgan fingerprint density at radius 2 is 2.26 bits per heavy atom. The van der Waals surface area contributed by atoms with Gasteiger partial charge in [0.25, 0.3) is 5.91 Å². The zero-order valence-electron chi connectivity index (χ0n) is 9.80. The summed E-state index contributed by atoms with van der Waals surface area (Å²) in [5.41, 5.74) is 11.5. The second-order valence-corrected chi connectivity index (χ2v) is 3.92. The summed E-state index contributed by atoms with van der Waals surface area (Å²) in [6.45, 7) is 0.256. The first kappa shape index (κ1) is 12.6. The van der Waals surface area contributed by atoms with Crippen molar-refractivity contribution in [3.8, 4) is 6.07 Å². The molecule has 96 valence electrons. The molecule has 2 rings (SSSR count). The van der Waals surface area contributed by atoms with E-state index in [1.165, 1.54) is 29.1 Å². The SMILES string of the molecule is N#Cc1cc(Cn2cc(N)c(C(N)=O)n2)ccc1F. The Balaban J connectivity index is 2.29. The van der Waals surface area contributed by atoms with Gasteiger partial charge in [0.15, 0.2) is 5.69 Å². The molecule has 0 aliphatic carbocycles. The number of benzene rings is 1. The lowest BCUT2D eigenvalue weighted by atomic mass is 10.1. The number of amides is 1. The Kier molecular flexibility index (Phi) is 3.16. The molecule has 7 heteroatoms. The van der Waals surface area contributed by atoms with E-state index in [1.54, 1.807) is 6.07 Å². The van der Waals surface area contributed by atoms with Crippen LogP contribution in [-0.4, -0.2) is 15.7 Å². The van der Waals surface area contributed by atoms with Crippen molar-refractivity contribution in [1.29, 1.82) is 5.26 Å². The molecule has 1 amide bonds. The number of carbonyl (C=O) groups excluding carboxylic acids is 1. The van der Waals surface area contributed by atoms with Crippen molar-refractivity contribution in [3.63, 3.8) is 0 Å². The molecule has 0 bridgehead atoms. The van der Waals surface area contributed by atoms with Crippen LogP contribution in [0.15, 0.2) is 24.4 Å². The molecular formula is C12H10FN5O. The molecule has 2 aromatic rings. The fraction of sp³-hybridized carbons (Fsp3) is 0.0833. The van der Waals surface area contributed by atoms with Crippen LogP contribution in [0.2, 0.25) is 0 Å². The summed E-state index contributed by atoms with van der Waals surface area (Å²) in [5.74, 6) is -1.29. The first-order valence-corrected chi connectivity index (χ1v) is 5.32. The highest BCUT2D eigenvalue weighted by Gasteiger charge is 2.12. The van der Waals surface area contributed by atoms with Gasteiger partial charge in [-0.1, -0.05) is 6.07 Å². The summed E-state index contributed by atoms with van der Waals surface area (Å²) in [5, 5.41) is 12.7. The summed E-state index contributed by atoms with van der Waals surface area (Å²) in [4.78, 5) is 11.0. The standard InChI is InChI=1S/C12H10FN5O/c13-9-2-1-7(3-8(9)4-14)5-18-6-10(15)11(17-18)12(16)19/h1-3,6H,5,15H2,(H2,16,19). The highest BCUT2D eigenvalue weighted by molar-refractivity contribution is 5.95. The molecule has 19 heavy (non-hydrogen) atoms. The lowest BCUT2D eigenvalue weighted by molar-refractivity contribution is 0.0995. The predicted octanol–water partition coefficient (Wildman–Crippen LogP) is 0.623. The van der Waals surface area contributed by atoms with E-state index >= 15 is 0 Å². The molecular weight excluding hydrogens is 249 g/mol. The summed E-state index contributed by atoms with van der Waals surface area (Å²) >= 11 is 0. The number of aromatic nitrogens is 2. The number of nitriles is 1. The number of hydrogen-bond acceptors (Lipinski definition) is 4. The van der Waals surface area contributed by atoms with Gasteiger partial charge in [-0.05, 0) is 17.7 Å². The van der Waals surface area contributed by atoms with E-state index in [2.05, 4.69) is 5.10 Å². The Hall–Kier alpha value is -2.88. The smallest absolute Gasteiger partial charge is 0.271 e. The lowest BCUT2D eigenvalue weighted by Crippen LogP contribution is -2.14. The third kappa shape index (κ3) is 2.52. The zero-order valence-corrected chi connectivity index (χ0v) is 9.80. The average Bonchev–Trinajstić information content (AvgIpc) is 2.73. The number of anilines is 1. The van der Waals surface area contributed by atoms with E-state index in [0.29, 0.717) is 5.56 Å². The summed E-state index contributed by atoms with van der Waals surface area (Å²) < 4.78 is 14.6. The van der Waals surface area contributed by atoms with Crippen LogP contribution in [-0.2, 0) is 6.54 Å². The first-order chi connectivity index (χ1) is 9.01. The molecule has 0 aliphatic heterocycles. The summed E-state index contributed by atoms with van der Waals surface area (Å²) in [6, 6.07) is 5.90. The molecule has 1 heterocycles. The number of primary amides is 1. The fourth-order valence-corrected chi connectivity index (χ4v) is 1.65. The van der Waals surface area contributed by atoms with E-state index in [1.807, 2.05) is 0 Å². The Labute approximate surface area is 108 Å². The van der Waals surface area contributed by atoms with Crippen LogP contribution in [0.5, 0.6) is 0 Å². The van der Waals surface area contributed by atoms with Gasteiger partial charge in [0.2, 0.25) is 0 Å². The predicted molar refractivity (Wildman–Crippen MR) is 65.4 cm³/mol. The summed E-state index contributed by atoms with van der Waals surface area (Å²) in [6.07, 6.45) is 1.45. The Bertz CT molecular complexity index is 686. The molecule has 0 spiro atoms. The highest BCUT2D eigenvalue weighted by Crippen LogP contribution is 2.13. The minimum atomic E-state index is -0.715. The minimum Gasteiger partial charge on any atom is -0.396 e. The van der Waals surface area contributed by atoms with Gasteiger partial charge in [-0.15, -0.1) is 0 Å².